The Kier molecular flexibility index (Phi) is 3.24. The monoisotopic (exact) mass is 208 g/mol. The van der Waals surface area contributed by atoms with Crippen molar-refractivity contribution in [3.05, 3.63) is 12.2 Å². The predicted molar refractivity (Wildman–Crippen MR) is 47.8 cm³/mol. The second kappa shape index (κ2) is 3.93. The first-order valence-electron chi connectivity index (χ1n) is 4.86. The van der Waals surface area contributed by atoms with Gasteiger partial charge in [-0.05, 0) is 6.42 Å². The Morgan fingerprint density at radius 3 is 2.43 bits per heavy atom. The Bertz CT molecular complexity index is 222. The molecule has 0 fully saturated rings. The van der Waals surface area contributed by atoms with Gasteiger partial charge in [0.25, 0.3) is 0 Å². The molecule has 0 aromatic carbocycles. The lowest BCUT2D eigenvalue weighted by Crippen LogP contribution is -2.45. The molecule has 1 nitrogen and oxygen atoms in total. The molecule has 0 aliphatic heterocycles. The highest BCUT2D eigenvalue weighted by atomic mass is 19.4. The molecule has 0 saturated heterocycles. The number of unbranched alkanes of at least 4 members (excludes halogenated alkanes) is 1. The van der Waals surface area contributed by atoms with Crippen molar-refractivity contribution < 1.29 is 18.3 Å². The number of hydrogen-bond acceptors (Lipinski definition) is 1. The van der Waals surface area contributed by atoms with Gasteiger partial charge in [0.05, 0.1) is 12.0 Å². The maximum Gasteiger partial charge on any atom is 0.392 e. The van der Waals surface area contributed by atoms with Crippen molar-refractivity contribution in [1.29, 1.82) is 0 Å². The molecule has 0 aromatic heterocycles. The molecule has 0 saturated carbocycles. The zero-order chi connectivity index (χ0) is 10.8. The largest absolute Gasteiger partial charge is 0.392 e. The van der Waals surface area contributed by atoms with Gasteiger partial charge in [-0.1, -0.05) is 31.9 Å². The molecule has 0 aromatic rings. The molecule has 0 radical (unpaired) electrons. The van der Waals surface area contributed by atoms with Gasteiger partial charge in [-0.15, -0.1) is 0 Å². The molecule has 1 aliphatic carbocycles. The molecule has 0 spiro atoms. The van der Waals surface area contributed by atoms with Crippen molar-refractivity contribution in [3.63, 3.8) is 0 Å². The van der Waals surface area contributed by atoms with E-state index in [-0.39, 0.29) is 5.92 Å². The van der Waals surface area contributed by atoms with Gasteiger partial charge in [0.15, 0.2) is 0 Å². The van der Waals surface area contributed by atoms with Crippen LogP contribution in [0, 0.1) is 5.92 Å². The van der Waals surface area contributed by atoms with Crippen LogP contribution in [-0.4, -0.2) is 16.9 Å². The molecule has 2 atom stereocenters. The van der Waals surface area contributed by atoms with Crippen LogP contribution in [0.15, 0.2) is 12.2 Å². The maximum atomic E-state index is 12.1. The van der Waals surface area contributed by atoms with Crippen LogP contribution in [-0.2, 0) is 0 Å². The van der Waals surface area contributed by atoms with Crippen molar-refractivity contribution in [3.8, 4) is 0 Å². The summed E-state index contributed by atoms with van der Waals surface area (Å²) in [7, 11) is 0. The first-order chi connectivity index (χ1) is 6.37. The number of alkyl halides is 3. The van der Waals surface area contributed by atoms with Gasteiger partial charge in [0.2, 0.25) is 0 Å². The van der Waals surface area contributed by atoms with Crippen LogP contribution in [0.4, 0.5) is 13.2 Å². The first kappa shape index (κ1) is 11.6. The standard InChI is InChI=1S/C10H15F3O/c1-2-3-4-8-5-6-9(8,14)7-10(11,12)13/h5-6,8,14H,2-4,7H2,1H3. The van der Waals surface area contributed by atoms with Gasteiger partial charge in [0, 0.05) is 5.92 Å². The van der Waals surface area contributed by atoms with E-state index in [0.717, 1.165) is 12.8 Å². The van der Waals surface area contributed by atoms with Crippen molar-refractivity contribution in [1.82, 2.24) is 0 Å². The van der Waals surface area contributed by atoms with E-state index < -0.39 is 18.2 Å². The van der Waals surface area contributed by atoms with E-state index in [0.29, 0.717) is 6.42 Å². The molecule has 0 bridgehead atoms. The molecule has 1 aliphatic rings. The molecule has 14 heavy (non-hydrogen) atoms. The summed E-state index contributed by atoms with van der Waals surface area (Å²) in [6, 6.07) is 0. The average molecular weight is 208 g/mol. The smallest absolute Gasteiger partial charge is 0.385 e. The highest BCUT2D eigenvalue weighted by molar-refractivity contribution is 5.21. The van der Waals surface area contributed by atoms with Crippen molar-refractivity contribution in [2.75, 3.05) is 0 Å². The fourth-order valence-corrected chi connectivity index (χ4v) is 1.74. The van der Waals surface area contributed by atoms with Crippen LogP contribution in [0.1, 0.15) is 32.6 Å². The van der Waals surface area contributed by atoms with Gasteiger partial charge in [0.1, 0.15) is 0 Å². The van der Waals surface area contributed by atoms with Crippen LogP contribution in [0.5, 0.6) is 0 Å². The van der Waals surface area contributed by atoms with Gasteiger partial charge in [-0.3, -0.25) is 0 Å². The van der Waals surface area contributed by atoms with E-state index in [4.69, 9.17) is 0 Å². The third-order valence-corrected chi connectivity index (χ3v) is 2.61. The summed E-state index contributed by atoms with van der Waals surface area (Å²) in [5.41, 5.74) is -1.63. The second-order valence-corrected chi connectivity index (χ2v) is 3.89. The normalized spacial score (nSPS) is 31.6. The summed E-state index contributed by atoms with van der Waals surface area (Å²) in [6.45, 7) is 1.98. The highest BCUT2D eigenvalue weighted by Crippen LogP contribution is 2.41. The summed E-state index contributed by atoms with van der Waals surface area (Å²) in [5.74, 6) is -0.316. The summed E-state index contributed by atoms with van der Waals surface area (Å²) in [6.07, 6.45) is -0.0434. The maximum absolute atomic E-state index is 12.1. The summed E-state index contributed by atoms with van der Waals surface area (Å²) < 4.78 is 36.2. The number of halogens is 3. The van der Waals surface area contributed by atoms with Crippen LogP contribution in [0.2, 0.25) is 0 Å². The third kappa shape index (κ3) is 2.74. The Morgan fingerprint density at radius 1 is 1.43 bits per heavy atom. The fraction of sp³-hybridized carbons (Fsp3) is 0.800. The van der Waals surface area contributed by atoms with Crippen LogP contribution < -0.4 is 0 Å². The number of rotatable bonds is 4. The number of aliphatic hydroxyl groups is 1. The van der Waals surface area contributed by atoms with Gasteiger partial charge >= 0.3 is 6.18 Å². The lowest BCUT2D eigenvalue weighted by Gasteiger charge is -2.39. The zero-order valence-electron chi connectivity index (χ0n) is 8.14. The Morgan fingerprint density at radius 2 is 2.07 bits per heavy atom. The molecule has 1 N–H and O–H groups in total. The van der Waals surface area contributed by atoms with E-state index in [9.17, 15) is 18.3 Å². The van der Waals surface area contributed by atoms with E-state index in [1.165, 1.54) is 6.08 Å². The molecule has 0 heterocycles. The number of hydrogen-bond donors (Lipinski definition) is 1. The minimum Gasteiger partial charge on any atom is -0.385 e. The first-order valence-corrected chi connectivity index (χ1v) is 4.86. The van der Waals surface area contributed by atoms with Crippen molar-refractivity contribution in [2.24, 2.45) is 5.92 Å². The molecular formula is C10H15F3O. The van der Waals surface area contributed by atoms with Gasteiger partial charge in [-0.25, -0.2) is 0 Å². The third-order valence-electron chi connectivity index (χ3n) is 2.61. The fourth-order valence-electron chi connectivity index (χ4n) is 1.74. The summed E-state index contributed by atoms with van der Waals surface area (Å²) >= 11 is 0. The topological polar surface area (TPSA) is 20.2 Å². The highest BCUT2D eigenvalue weighted by Gasteiger charge is 2.47. The van der Waals surface area contributed by atoms with Crippen LogP contribution in [0.25, 0.3) is 0 Å². The van der Waals surface area contributed by atoms with E-state index in [2.05, 4.69) is 0 Å². The zero-order valence-corrected chi connectivity index (χ0v) is 8.14. The second-order valence-electron chi connectivity index (χ2n) is 3.89. The van der Waals surface area contributed by atoms with Gasteiger partial charge in [-0.2, -0.15) is 13.2 Å². The SMILES string of the molecule is CCCCC1C=CC1(O)CC(F)(F)F. The van der Waals surface area contributed by atoms with Crippen LogP contribution in [0.3, 0.4) is 0 Å². The minimum atomic E-state index is -4.29. The summed E-state index contributed by atoms with van der Waals surface area (Å²) in [4.78, 5) is 0. The average Bonchev–Trinajstić information content (AvgIpc) is 2.00. The molecule has 2 unspecified atom stereocenters. The molecule has 82 valence electrons. The minimum absolute atomic E-state index is 0.316. The van der Waals surface area contributed by atoms with Crippen molar-refractivity contribution in [2.45, 2.75) is 44.4 Å². The van der Waals surface area contributed by atoms with Crippen molar-refractivity contribution >= 4 is 0 Å². The summed E-state index contributed by atoms with van der Waals surface area (Å²) in [5, 5.41) is 9.63. The molecule has 4 heteroatoms. The van der Waals surface area contributed by atoms with Gasteiger partial charge < -0.3 is 5.11 Å². The molecule has 1 rings (SSSR count). The Hall–Kier alpha value is -0.510. The Labute approximate surface area is 81.6 Å². The lowest BCUT2D eigenvalue weighted by molar-refractivity contribution is -0.177. The Balaban J connectivity index is 2.47. The van der Waals surface area contributed by atoms with E-state index in [1.807, 2.05) is 6.92 Å². The molecular weight excluding hydrogens is 193 g/mol. The molecule has 0 amide bonds. The predicted octanol–water partition coefficient (Wildman–Crippen LogP) is 3.05. The van der Waals surface area contributed by atoms with Crippen LogP contribution >= 0.6 is 0 Å². The van der Waals surface area contributed by atoms with E-state index >= 15 is 0 Å². The van der Waals surface area contributed by atoms with E-state index in [1.54, 1.807) is 6.08 Å². The quantitative estimate of drug-likeness (QED) is 0.704. The lowest BCUT2D eigenvalue weighted by atomic mass is 9.73.